The Morgan fingerprint density at radius 2 is 1.85 bits per heavy atom. The summed E-state index contributed by atoms with van der Waals surface area (Å²) in [4.78, 5) is 26.1. The van der Waals surface area contributed by atoms with Gasteiger partial charge in [0.25, 0.3) is 0 Å². The van der Waals surface area contributed by atoms with Gasteiger partial charge >= 0.3 is 12.1 Å². The molecule has 3 rings (SSSR count). The minimum absolute atomic E-state index is 0.165. The van der Waals surface area contributed by atoms with E-state index in [9.17, 15) is 9.59 Å². The lowest BCUT2D eigenvalue weighted by Gasteiger charge is -2.39. The molecular formula is C20H27NO5. The molecule has 2 aliphatic rings. The van der Waals surface area contributed by atoms with Crippen LogP contribution >= 0.6 is 0 Å². The minimum Gasteiger partial charge on any atom is -0.492 e. The van der Waals surface area contributed by atoms with Crippen molar-refractivity contribution in [3.8, 4) is 5.75 Å². The molecule has 0 bridgehead atoms. The van der Waals surface area contributed by atoms with Crippen LogP contribution in [0.1, 0.15) is 55.1 Å². The Bertz CT molecular complexity index is 726. The lowest BCUT2D eigenvalue weighted by molar-refractivity contribution is 0.0152. The molecule has 2 heterocycles. The van der Waals surface area contributed by atoms with E-state index in [1.54, 1.807) is 11.0 Å². The normalized spacial score (nSPS) is 18.3. The van der Waals surface area contributed by atoms with E-state index < -0.39 is 5.60 Å². The molecule has 2 aliphatic heterocycles. The van der Waals surface area contributed by atoms with Gasteiger partial charge in [0.1, 0.15) is 11.4 Å². The molecule has 1 aromatic rings. The van der Waals surface area contributed by atoms with E-state index in [2.05, 4.69) is 0 Å². The first kappa shape index (κ1) is 18.5. The van der Waals surface area contributed by atoms with Crippen molar-refractivity contribution >= 4 is 12.1 Å². The van der Waals surface area contributed by atoms with Crippen LogP contribution in [0.5, 0.6) is 5.75 Å². The van der Waals surface area contributed by atoms with E-state index in [-0.39, 0.29) is 17.5 Å². The van der Waals surface area contributed by atoms with E-state index in [0.717, 1.165) is 29.7 Å². The van der Waals surface area contributed by atoms with Gasteiger partial charge in [0.2, 0.25) is 0 Å². The number of fused-ring (bicyclic) bond motifs is 2. The molecule has 0 N–H and O–H groups in total. The monoisotopic (exact) mass is 361 g/mol. The third kappa shape index (κ3) is 3.24. The molecule has 6 nitrogen and oxygen atoms in total. The minimum atomic E-state index is -0.499. The summed E-state index contributed by atoms with van der Waals surface area (Å²) in [5.41, 5.74) is 1.91. The summed E-state index contributed by atoms with van der Waals surface area (Å²) in [7, 11) is 1.39. The fourth-order valence-corrected chi connectivity index (χ4v) is 3.92. The van der Waals surface area contributed by atoms with Crippen LogP contribution in [0.15, 0.2) is 12.1 Å². The maximum absolute atomic E-state index is 12.3. The van der Waals surface area contributed by atoms with Gasteiger partial charge in [0, 0.05) is 24.1 Å². The number of methoxy groups -OCH3 is 1. The van der Waals surface area contributed by atoms with Crippen LogP contribution in [0.25, 0.3) is 0 Å². The lowest BCUT2D eigenvalue weighted by Crippen LogP contribution is -2.47. The van der Waals surface area contributed by atoms with Crippen molar-refractivity contribution in [2.45, 2.75) is 51.6 Å². The van der Waals surface area contributed by atoms with Gasteiger partial charge in [-0.25, -0.2) is 9.59 Å². The smallest absolute Gasteiger partial charge is 0.410 e. The van der Waals surface area contributed by atoms with Crippen molar-refractivity contribution in [2.75, 3.05) is 26.8 Å². The van der Waals surface area contributed by atoms with Gasteiger partial charge in [-0.3, -0.25) is 0 Å². The van der Waals surface area contributed by atoms with E-state index >= 15 is 0 Å². The summed E-state index contributed by atoms with van der Waals surface area (Å²) in [6.45, 7) is 9.36. The molecule has 0 atom stereocenters. The molecule has 1 saturated heterocycles. The third-order valence-electron chi connectivity index (χ3n) is 5.24. The zero-order valence-corrected chi connectivity index (χ0v) is 16.2. The Morgan fingerprint density at radius 3 is 2.42 bits per heavy atom. The van der Waals surface area contributed by atoms with Gasteiger partial charge in [-0.1, -0.05) is 0 Å². The Morgan fingerprint density at radius 1 is 1.19 bits per heavy atom. The van der Waals surface area contributed by atoms with Crippen LogP contribution in [0.2, 0.25) is 0 Å². The first-order chi connectivity index (χ1) is 12.2. The molecule has 1 amide bonds. The van der Waals surface area contributed by atoms with Gasteiger partial charge in [-0.05, 0) is 58.2 Å². The van der Waals surface area contributed by atoms with Crippen LogP contribution in [-0.2, 0) is 14.9 Å². The highest BCUT2D eigenvalue weighted by atomic mass is 16.6. The highest BCUT2D eigenvalue weighted by Crippen LogP contribution is 2.48. The fourth-order valence-electron chi connectivity index (χ4n) is 3.92. The van der Waals surface area contributed by atoms with Crippen molar-refractivity contribution in [3.63, 3.8) is 0 Å². The molecule has 26 heavy (non-hydrogen) atoms. The quantitative estimate of drug-likeness (QED) is 0.717. The molecule has 0 unspecified atom stereocenters. The van der Waals surface area contributed by atoms with Gasteiger partial charge in [-0.2, -0.15) is 0 Å². The molecule has 0 saturated carbocycles. The van der Waals surface area contributed by atoms with E-state index in [1.165, 1.54) is 7.11 Å². The summed E-state index contributed by atoms with van der Waals surface area (Å²) < 4.78 is 16.3. The first-order valence-corrected chi connectivity index (χ1v) is 9.00. The zero-order valence-electron chi connectivity index (χ0n) is 16.2. The van der Waals surface area contributed by atoms with Crippen LogP contribution in [0, 0.1) is 6.92 Å². The van der Waals surface area contributed by atoms with Crippen molar-refractivity contribution in [1.29, 1.82) is 0 Å². The predicted octanol–water partition coefficient (Wildman–Crippen LogP) is 3.44. The fraction of sp³-hybridized carbons (Fsp3) is 0.600. The van der Waals surface area contributed by atoms with Crippen LogP contribution in [0.4, 0.5) is 4.79 Å². The largest absolute Gasteiger partial charge is 0.492 e. The molecule has 142 valence electrons. The highest BCUT2D eigenvalue weighted by molar-refractivity contribution is 5.92. The number of likely N-dealkylation sites (tertiary alicyclic amines) is 1. The van der Waals surface area contributed by atoms with Gasteiger partial charge in [-0.15, -0.1) is 0 Å². The van der Waals surface area contributed by atoms with Crippen molar-refractivity contribution in [2.24, 2.45) is 0 Å². The second-order valence-corrected chi connectivity index (χ2v) is 8.14. The predicted molar refractivity (Wildman–Crippen MR) is 96.7 cm³/mol. The molecule has 0 aliphatic carbocycles. The molecule has 0 radical (unpaired) electrons. The number of rotatable bonds is 1. The summed E-state index contributed by atoms with van der Waals surface area (Å²) in [6, 6.07) is 3.61. The number of amides is 1. The number of benzene rings is 1. The molecule has 1 spiro atoms. The highest BCUT2D eigenvalue weighted by Gasteiger charge is 2.46. The molecular weight excluding hydrogens is 334 g/mol. The Labute approximate surface area is 154 Å². The third-order valence-corrected chi connectivity index (χ3v) is 5.24. The number of carbonyl (C=O) groups excluding carboxylic acids is 2. The maximum atomic E-state index is 12.3. The Kier molecular flexibility index (Phi) is 4.63. The summed E-state index contributed by atoms with van der Waals surface area (Å²) in [5, 5.41) is 0. The topological polar surface area (TPSA) is 65.1 Å². The average molecular weight is 361 g/mol. The molecule has 0 aromatic heterocycles. The summed E-state index contributed by atoms with van der Waals surface area (Å²) in [6.07, 6.45) is 1.29. The van der Waals surface area contributed by atoms with E-state index in [0.29, 0.717) is 25.3 Å². The molecule has 1 fully saturated rings. The van der Waals surface area contributed by atoms with Gasteiger partial charge in [0.15, 0.2) is 0 Å². The first-order valence-electron chi connectivity index (χ1n) is 9.00. The number of carbonyl (C=O) groups is 2. The van der Waals surface area contributed by atoms with Crippen LogP contribution in [-0.4, -0.2) is 49.4 Å². The van der Waals surface area contributed by atoms with E-state index in [1.807, 2.05) is 33.8 Å². The second kappa shape index (κ2) is 6.49. The van der Waals surface area contributed by atoms with Crippen molar-refractivity contribution < 1.29 is 23.8 Å². The number of ether oxygens (including phenoxy) is 3. The maximum Gasteiger partial charge on any atom is 0.410 e. The Balaban J connectivity index is 1.82. The molecule has 6 heteroatoms. The number of nitrogens with zero attached hydrogens (tertiary/aromatic N) is 1. The second-order valence-electron chi connectivity index (χ2n) is 8.14. The van der Waals surface area contributed by atoms with Crippen LogP contribution < -0.4 is 4.74 Å². The summed E-state index contributed by atoms with van der Waals surface area (Å²) in [5.74, 6) is 0.499. The Hall–Kier alpha value is -2.24. The number of hydrogen-bond acceptors (Lipinski definition) is 5. The zero-order chi connectivity index (χ0) is 19.1. The average Bonchev–Trinajstić information content (AvgIpc) is 2.93. The van der Waals surface area contributed by atoms with Crippen LogP contribution in [0.3, 0.4) is 0 Å². The standard InChI is InChI=1S/C20H27NO5/c1-13-14(17(22)24-5)6-7-15-16(13)20(12-25-15)8-10-21(11-9-20)18(23)26-19(2,3)4/h6-7H,8-12H2,1-5H3. The molecule has 1 aromatic carbocycles. The number of piperidine rings is 1. The van der Waals surface area contributed by atoms with Gasteiger partial charge in [0.05, 0.1) is 19.3 Å². The summed E-state index contributed by atoms with van der Waals surface area (Å²) >= 11 is 0. The lowest BCUT2D eigenvalue weighted by atomic mass is 9.72. The SMILES string of the molecule is COC(=O)c1ccc2c(c1C)C1(CCN(C(=O)OC(C)(C)C)CC1)CO2. The number of hydrogen-bond donors (Lipinski definition) is 0. The van der Waals surface area contributed by atoms with Crippen molar-refractivity contribution in [1.82, 2.24) is 4.90 Å². The van der Waals surface area contributed by atoms with Crippen molar-refractivity contribution in [3.05, 3.63) is 28.8 Å². The number of esters is 1. The van der Waals surface area contributed by atoms with E-state index in [4.69, 9.17) is 14.2 Å². The van der Waals surface area contributed by atoms with Gasteiger partial charge < -0.3 is 19.1 Å².